The number of halogens is 1. The van der Waals surface area contributed by atoms with E-state index in [0.29, 0.717) is 16.7 Å². The van der Waals surface area contributed by atoms with E-state index in [1.807, 2.05) is 0 Å². The molecule has 11 heteroatoms. The Morgan fingerprint density at radius 2 is 1.62 bits per heavy atom. The van der Waals surface area contributed by atoms with Gasteiger partial charge < -0.3 is 5.32 Å². The van der Waals surface area contributed by atoms with Gasteiger partial charge in [-0.05, 0) is 48.9 Å². The Labute approximate surface area is 188 Å². The van der Waals surface area contributed by atoms with Crippen LogP contribution in [0.2, 0.25) is 5.02 Å². The summed E-state index contributed by atoms with van der Waals surface area (Å²) in [6.07, 6.45) is 0. The Balaban J connectivity index is 1.79. The van der Waals surface area contributed by atoms with Crippen molar-refractivity contribution in [3.05, 3.63) is 87.4 Å². The maximum absolute atomic E-state index is 13.0. The van der Waals surface area contributed by atoms with E-state index >= 15 is 0 Å². The van der Waals surface area contributed by atoms with E-state index in [0.717, 1.165) is 5.56 Å². The molecule has 0 radical (unpaired) electrons. The molecule has 0 aliphatic rings. The van der Waals surface area contributed by atoms with Crippen molar-refractivity contribution < 1.29 is 13.3 Å². The van der Waals surface area contributed by atoms with E-state index in [-0.39, 0.29) is 27.2 Å². The SMILES string of the molecule is Cc1cccc(S(=O)(=O)Nc2nc3ccccc3nc2Nc2ccc(Cl)c([N+](=O)[O-])c2)c1. The molecular weight excluding hydrogens is 454 g/mol. The third-order valence-corrected chi connectivity index (χ3v) is 6.16. The van der Waals surface area contributed by atoms with Gasteiger partial charge in [0.2, 0.25) is 0 Å². The van der Waals surface area contributed by atoms with E-state index in [2.05, 4.69) is 20.0 Å². The first-order valence-electron chi connectivity index (χ1n) is 9.30. The minimum absolute atomic E-state index is 0.0227. The summed E-state index contributed by atoms with van der Waals surface area (Å²) in [6.45, 7) is 1.79. The molecule has 4 aromatic rings. The predicted octanol–water partition coefficient (Wildman–Crippen LogP) is 5.04. The van der Waals surface area contributed by atoms with Gasteiger partial charge in [-0.1, -0.05) is 35.9 Å². The Morgan fingerprint density at radius 1 is 0.938 bits per heavy atom. The molecule has 0 aliphatic heterocycles. The van der Waals surface area contributed by atoms with Crippen molar-refractivity contribution >= 4 is 55.7 Å². The first kappa shape index (κ1) is 21.5. The van der Waals surface area contributed by atoms with Gasteiger partial charge in [0.1, 0.15) is 5.02 Å². The molecule has 0 saturated heterocycles. The second-order valence-corrected chi connectivity index (χ2v) is 8.97. The molecule has 0 unspecified atom stereocenters. The van der Waals surface area contributed by atoms with Crippen molar-refractivity contribution in [3.8, 4) is 0 Å². The number of anilines is 3. The van der Waals surface area contributed by atoms with Crippen LogP contribution in [-0.4, -0.2) is 23.3 Å². The molecule has 1 heterocycles. The Bertz CT molecular complexity index is 1460. The highest BCUT2D eigenvalue weighted by Crippen LogP contribution is 2.31. The molecule has 0 fully saturated rings. The number of nitrogens with zero attached hydrogens (tertiary/aromatic N) is 3. The van der Waals surface area contributed by atoms with Gasteiger partial charge in [-0.2, -0.15) is 0 Å². The van der Waals surface area contributed by atoms with E-state index in [1.165, 1.54) is 30.3 Å². The zero-order valence-corrected chi connectivity index (χ0v) is 18.2. The molecule has 9 nitrogen and oxygen atoms in total. The maximum atomic E-state index is 13.0. The minimum Gasteiger partial charge on any atom is -0.337 e. The van der Waals surface area contributed by atoms with Gasteiger partial charge in [0.15, 0.2) is 11.6 Å². The molecular formula is C21H16ClN5O4S. The van der Waals surface area contributed by atoms with Crippen LogP contribution in [0.3, 0.4) is 0 Å². The summed E-state index contributed by atoms with van der Waals surface area (Å²) >= 11 is 5.88. The van der Waals surface area contributed by atoms with Crippen LogP contribution in [0, 0.1) is 17.0 Å². The summed E-state index contributed by atoms with van der Waals surface area (Å²) in [6, 6.07) is 17.5. The Hall–Kier alpha value is -3.76. The standard InChI is InChI=1S/C21H16ClN5O4S/c1-13-5-4-6-15(11-13)32(30,31)26-21-20(24-17-7-2-3-8-18(17)25-21)23-14-9-10-16(22)19(12-14)27(28)29/h2-12H,1H3,(H,23,24)(H,25,26). The van der Waals surface area contributed by atoms with Gasteiger partial charge in [-0.25, -0.2) is 18.4 Å². The largest absolute Gasteiger partial charge is 0.337 e. The molecule has 162 valence electrons. The molecule has 0 spiro atoms. The number of benzene rings is 3. The average molecular weight is 470 g/mol. The highest BCUT2D eigenvalue weighted by atomic mass is 35.5. The number of hydrogen-bond acceptors (Lipinski definition) is 7. The first-order valence-corrected chi connectivity index (χ1v) is 11.2. The second kappa shape index (κ2) is 8.40. The number of aromatic nitrogens is 2. The lowest BCUT2D eigenvalue weighted by Gasteiger charge is -2.14. The van der Waals surface area contributed by atoms with Gasteiger partial charge >= 0.3 is 0 Å². The number of sulfonamides is 1. The molecule has 3 aromatic carbocycles. The van der Waals surface area contributed by atoms with Gasteiger partial charge in [-0.3, -0.25) is 14.8 Å². The fraction of sp³-hybridized carbons (Fsp3) is 0.0476. The van der Waals surface area contributed by atoms with Crippen LogP contribution in [0.1, 0.15) is 5.56 Å². The van der Waals surface area contributed by atoms with E-state index in [1.54, 1.807) is 43.3 Å². The average Bonchev–Trinajstić information content (AvgIpc) is 2.75. The zero-order valence-electron chi connectivity index (χ0n) is 16.6. The maximum Gasteiger partial charge on any atom is 0.289 e. The molecule has 0 aliphatic carbocycles. The number of nitro benzene ring substituents is 1. The number of fused-ring (bicyclic) bond motifs is 1. The number of para-hydroxylation sites is 2. The fourth-order valence-electron chi connectivity index (χ4n) is 2.99. The smallest absolute Gasteiger partial charge is 0.289 e. The highest BCUT2D eigenvalue weighted by molar-refractivity contribution is 7.92. The molecule has 0 amide bonds. The van der Waals surface area contributed by atoms with Crippen LogP contribution in [0.15, 0.2) is 71.6 Å². The van der Waals surface area contributed by atoms with Crippen molar-refractivity contribution in [1.29, 1.82) is 0 Å². The number of aryl methyl sites for hydroxylation is 1. The van der Waals surface area contributed by atoms with Gasteiger partial charge in [-0.15, -0.1) is 0 Å². The number of nitrogens with one attached hydrogen (secondary N) is 2. The molecule has 4 rings (SSSR count). The molecule has 2 N–H and O–H groups in total. The summed E-state index contributed by atoms with van der Waals surface area (Å²) in [7, 11) is -3.97. The summed E-state index contributed by atoms with van der Waals surface area (Å²) in [5, 5.41) is 14.1. The minimum atomic E-state index is -3.97. The van der Waals surface area contributed by atoms with Crippen LogP contribution < -0.4 is 10.0 Å². The van der Waals surface area contributed by atoms with E-state index in [4.69, 9.17) is 11.6 Å². The van der Waals surface area contributed by atoms with Crippen LogP contribution in [-0.2, 0) is 10.0 Å². The molecule has 0 atom stereocenters. The van der Waals surface area contributed by atoms with Gasteiger partial charge in [0.25, 0.3) is 15.7 Å². The lowest BCUT2D eigenvalue weighted by atomic mass is 10.2. The number of hydrogen-bond donors (Lipinski definition) is 2. The van der Waals surface area contributed by atoms with Crippen LogP contribution in [0.25, 0.3) is 11.0 Å². The third kappa shape index (κ3) is 4.46. The zero-order chi connectivity index (χ0) is 22.9. The van der Waals surface area contributed by atoms with Gasteiger partial charge in [0.05, 0.1) is 20.9 Å². The molecule has 32 heavy (non-hydrogen) atoms. The Kier molecular flexibility index (Phi) is 5.64. The quantitative estimate of drug-likeness (QED) is 0.299. The summed E-state index contributed by atoms with van der Waals surface area (Å²) in [5.74, 6) is 0.0272. The second-order valence-electron chi connectivity index (χ2n) is 6.88. The Morgan fingerprint density at radius 3 is 2.28 bits per heavy atom. The van der Waals surface area contributed by atoms with E-state index in [9.17, 15) is 18.5 Å². The van der Waals surface area contributed by atoms with Crippen molar-refractivity contribution in [2.24, 2.45) is 0 Å². The summed E-state index contributed by atoms with van der Waals surface area (Å²) in [5.41, 5.74) is 1.76. The summed E-state index contributed by atoms with van der Waals surface area (Å²) in [4.78, 5) is 19.5. The number of rotatable bonds is 6. The molecule has 1 aromatic heterocycles. The highest BCUT2D eigenvalue weighted by Gasteiger charge is 2.20. The van der Waals surface area contributed by atoms with Gasteiger partial charge in [0, 0.05) is 11.8 Å². The van der Waals surface area contributed by atoms with Crippen LogP contribution in [0.5, 0.6) is 0 Å². The van der Waals surface area contributed by atoms with Crippen molar-refractivity contribution in [2.75, 3.05) is 10.0 Å². The molecule has 0 bridgehead atoms. The van der Waals surface area contributed by atoms with Crippen molar-refractivity contribution in [2.45, 2.75) is 11.8 Å². The fourth-order valence-corrected chi connectivity index (χ4v) is 4.29. The van der Waals surface area contributed by atoms with Crippen LogP contribution in [0.4, 0.5) is 23.0 Å². The van der Waals surface area contributed by atoms with E-state index < -0.39 is 14.9 Å². The van der Waals surface area contributed by atoms with Crippen LogP contribution >= 0.6 is 11.6 Å². The normalized spacial score (nSPS) is 11.3. The number of nitro groups is 1. The van der Waals surface area contributed by atoms with Crippen molar-refractivity contribution in [1.82, 2.24) is 9.97 Å². The first-order chi connectivity index (χ1) is 15.2. The topological polar surface area (TPSA) is 127 Å². The molecule has 0 saturated carbocycles. The third-order valence-electron chi connectivity index (χ3n) is 4.51. The lowest BCUT2D eigenvalue weighted by molar-refractivity contribution is -0.384. The van der Waals surface area contributed by atoms with Crippen molar-refractivity contribution in [3.63, 3.8) is 0 Å². The predicted molar refractivity (Wildman–Crippen MR) is 123 cm³/mol. The lowest BCUT2D eigenvalue weighted by Crippen LogP contribution is -2.16. The summed E-state index contributed by atoms with van der Waals surface area (Å²) < 4.78 is 28.4. The monoisotopic (exact) mass is 469 g/mol.